The van der Waals surface area contributed by atoms with Gasteiger partial charge in [-0.3, -0.25) is 9.59 Å². The van der Waals surface area contributed by atoms with Crippen LogP contribution in [0.2, 0.25) is 10.0 Å². The number of halogens is 2. The standard InChI is InChI=1S/C39H50Cl2N4O5/c1-39(2,3)26-45-32-16-15-28(40)24-30(32)36(50-34(38(45)47)25-35(46)44-21-19-43-20-22-44)29-12-7-14-33(37(29)48-4)49-23-9-18-42-17-8-11-27-10-5-6-13-31(27)41/h5-7,10,12-16,24,34,36,42-43H,8-9,11,17-23,25-26H2,1-4H3/t34-,36-/m0/s1. The third-order valence-electron chi connectivity index (χ3n) is 8.88. The average molecular weight is 726 g/mol. The SMILES string of the molecule is COc1c(OCCCNCCCc2ccccc2Cl)cccc1[C@@H]1O[C@@H](CC(=O)N2CCNCC2)C(=O)N(CC(C)(C)C)c2ccc(Cl)cc21. The van der Waals surface area contributed by atoms with Crippen molar-refractivity contribution >= 4 is 40.7 Å². The van der Waals surface area contributed by atoms with Crippen molar-refractivity contribution in [3.05, 3.63) is 87.4 Å². The Hall–Kier alpha value is -3.34. The van der Waals surface area contributed by atoms with E-state index in [1.807, 2.05) is 48.5 Å². The molecule has 0 radical (unpaired) electrons. The monoisotopic (exact) mass is 724 g/mol. The zero-order valence-corrected chi connectivity index (χ0v) is 31.1. The highest BCUT2D eigenvalue weighted by Gasteiger charge is 2.40. The number of carbonyl (C=O) groups is 2. The van der Waals surface area contributed by atoms with Gasteiger partial charge in [-0.25, -0.2) is 0 Å². The molecule has 9 nitrogen and oxygen atoms in total. The third-order valence-corrected chi connectivity index (χ3v) is 9.48. The molecule has 2 N–H and O–H groups in total. The van der Waals surface area contributed by atoms with Gasteiger partial charge >= 0.3 is 0 Å². The van der Waals surface area contributed by atoms with E-state index in [9.17, 15) is 9.59 Å². The normalized spacial score (nSPS) is 18.1. The zero-order chi connectivity index (χ0) is 35.7. The Morgan fingerprint density at radius 3 is 2.50 bits per heavy atom. The molecule has 0 aromatic heterocycles. The van der Waals surface area contributed by atoms with E-state index in [0.717, 1.165) is 61.6 Å². The maximum Gasteiger partial charge on any atom is 0.256 e. The van der Waals surface area contributed by atoms with E-state index in [0.29, 0.717) is 54.0 Å². The summed E-state index contributed by atoms with van der Waals surface area (Å²) in [6, 6.07) is 19.1. The molecule has 3 aromatic rings. The molecule has 5 rings (SSSR count). The number of benzene rings is 3. The first-order valence-corrected chi connectivity index (χ1v) is 18.3. The summed E-state index contributed by atoms with van der Waals surface area (Å²) < 4.78 is 19.0. The van der Waals surface area contributed by atoms with Crippen LogP contribution in [0.1, 0.15) is 62.8 Å². The number of rotatable bonds is 14. The van der Waals surface area contributed by atoms with Crippen LogP contribution < -0.4 is 25.0 Å². The molecular weight excluding hydrogens is 675 g/mol. The maximum absolute atomic E-state index is 14.4. The van der Waals surface area contributed by atoms with Crippen LogP contribution in [0.3, 0.4) is 0 Å². The van der Waals surface area contributed by atoms with Crippen molar-refractivity contribution in [2.45, 2.75) is 58.7 Å². The van der Waals surface area contributed by atoms with Crippen LogP contribution in [0.4, 0.5) is 5.69 Å². The fourth-order valence-electron chi connectivity index (χ4n) is 6.47. The lowest BCUT2D eigenvalue weighted by Gasteiger charge is -2.32. The number of methoxy groups -OCH3 is 1. The van der Waals surface area contributed by atoms with Gasteiger partial charge in [0, 0.05) is 59.6 Å². The molecule has 0 unspecified atom stereocenters. The Morgan fingerprint density at radius 2 is 1.76 bits per heavy atom. The minimum absolute atomic E-state index is 0.0679. The molecular formula is C39H50Cl2N4O5. The van der Waals surface area contributed by atoms with Gasteiger partial charge in [-0.2, -0.15) is 0 Å². The Kier molecular flexibility index (Phi) is 13.4. The van der Waals surface area contributed by atoms with Crippen molar-refractivity contribution in [3.63, 3.8) is 0 Å². The molecule has 1 saturated heterocycles. The number of hydrogen-bond acceptors (Lipinski definition) is 7. The van der Waals surface area contributed by atoms with Crippen LogP contribution in [0.15, 0.2) is 60.7 Å². The maximum atomic E-state index is 14.4. The van der Waals surface area contributed by atoms with Gasteiger partial charge in [-0.1, -0.05) is 74.3 Å². The Bertz CT molecular complexity index is 1610. The molecule has 2 amide bonds. The van der Waals surface area contributed by atoms with Gasteiger partial charge in [-0.05, 0) is 73.7 Å². The van der Waals surface area contributed by atoms with E-state index in [4.69, 9.17) is 37.4 Å². The summed E-state index contributed by atoms with van der Waals surface area (Å²) in [6.45, 7) is 11.5. The zero-order valence-electron chi connectivity index (χ0n) is 29.6. The molecule has 270 valence electrons. The Labute approximate surface area is 306 Å². The first-order chi connectivity index (χ1) is 24.1. The smallest absolute Gasteiger partial charge is 0.256 e. The van der Waals surface area contributed by atoms with Crippen LogP contribution in [0, 0.1) is 5.41 Å². The lowest BCUT2D eigenvalue weighted by atomic mass is 9.94. The van der Waals surface area contributed by atoms with E-state index >= 15 is 0 Å². The molecule has 0 bridgehead atoms. The van der Waals surface area contributed by atoms with Crippen molar-refractivity contribution in [2.75, 3.05) is 64.4 Å². The fraction of sp³-hybridized carbons (Fsp3) is 0.487. The van der Waals surface area contributed by atoms with Crippen LogP contribution in [0.25, 0.3) is 0 Å². The largest absolute Gasteiger partial charge is 0.492 e. The van der Waals surface area contributed by atoms with Gasteiger partial charge in [0.1, 0.15) is 12.2 Å². The summed E-state index contributed by atoms with van der Waals surface area (Å²) in [7, 11) is 1.60. The Balaban J connectivity index is 1.34. The highest BCUT2D eigenvalue weighted by Crippen LogP contribution is 2.45. The van der Waals surface area contributed by atoms with E-state index < -0.39 is 12.2 Å². The van der Waals surface area contributed by atoms with Crippen molar-refractivity contribution in [2.24, 2.45) is 5.41 Å². The van der Waals surface area contributed by atoms with Crippen molar-refractivity contribution in [1.29, 1.82) is 0 Å². The first kappa shape index (κ1) is 37.9. The predicted molar refractivity (Wildman–Crippen MR) is 200 cm³/mol. The summed E-state index contributed by atoms with van der Waals surface area (Å²) in [5, 5.41) is 8.09. The van der Waals surface area contributed by atoms with E-state index in [2.05, 4.69) is 37.5 Å². The van der Waals surface area contributed by atoms with Crippen molar-refractivity contribution in [1.82, 2.24) is 15.5 Å². The second-order valence-corrected chi connectivity index (χ2v) is 14.9. The molecule has 2 atom stereocenters. The van der Waals surface area contributed by atoms with E-state index in [1.165, 1.54) is 0 Å². The third kappa shape index (κ3) is 9.92. The molecule has 2 aliphatic heterocycles. The van der Waals surface area contributed by atoms with Gasteiger partial charge in [-0.15, -0.1) is 0 Å². The summed E-state index contributed by atoms with van der Waals surface area (Å²) in [5.41, 5.74) is 3.05. The summed E-state index contributed by atoms with van der Waals surface area (Å²) >= 11 is 12.9. The number of hydrogen-bond donors (Lipinski definition) is 2. The van der Waals surface area contributed by atoms with Gasteiger partial charge in [0.2, 0.25) is 5.91 Å². The quantitative estimate of drug-likeness (QED) is 0.179. The highest BCUT2D eigenvalue weighted by molar-refractivity contribution is 6.31. The number of para-hydroxylation sites is 1. The van der Waals surface area contributed by atoms with Gasteiger partial charge in [0.25, 0.3) is 5.91 Å². The summed E-state index contributed by atoms with van der Waals surface area (Å²) in [6.07, 6.45) is 0.872. The van der Waals surface area contributed by atoms with Crippen molar-refractivity contribution in [3.8, 4) is 11.5 Å². The topological polar surface area (TPSA) is 92.4 Å². The molecule has 1 fully saturated rings. The second kappa shape index (κ2) is 17.7. The summed E-state index contributed by atoms with van der Waals surface area (Å²) in [4.78, 5) is 31.5. The average Bonchev–Trinajstić information content (AvgIpc) is 3.20. The molecule has 0 saturated carbocycles. The lowest BCUT2D eigenvalue weighted by Crippen LogP contribution is -2.49. The van der Waals surface area contributed by atoms with Crippen LogP contribution in [0.5, 0.6) is 11.5 Å². The minimum atomic E-state index is -1.02. The molecule has 0 aliphatic carbocycles. The number of nitrogens with zero attached hydrogens (tertiary/aromatic N) is 2. The van der Waals surface area contributed by atoms with Crippen molar-refractivity contribution < 1.29 is 23.8 Å². The number of amides is 2. The number of nitrogens with one attached hydrogen (secondary N) is 2. The fourth-order valence-corrected chi connectivity index (χ4v) is 6.88. The van der Waals surface area contributed by atoms with Gasteiger partial charge in [0.15, 0.2) is 11.5 Å². The van der Waals surface area contributed by atoms with Crippen LogP contribution in [-0.2, 0) is 20.7 Å². The number of ether oxygens (including phenoxy) is 3. The van der Waals surface area contributed by atoms with E-state index in [1.54, 1.807) is 23.0 Å². The molecule has 2 aliphatic rings. The first-order valence-electron chi connectivity index (χ1n) is 17.5. The Morgan fingerprint density at radius 1 is 1.00 bits per heavy atom. The second-order valence-electron chi connectivity index (χ2n) is 14.1. The summed E-state index contributed by atoms with van der Waals surface area (Å²) in [5.74, 6) is 0.733. The van der Waals surface area contributed by atoms with Crippen LogP contribution in [-0.4, -0.2) is 82.3 Å². The molecule has 11 heteroatoms. The van der Waals surface area contributed by atoms with Gasteiger partial charge in [0.05, 0.1) is 20.1 Å². The molecule has 50 heavy (non-hydrogen) atoms. The molecule has 2 heterocycles. The number of aryl methyl sites for hydroxylation is 1. The molecule has 0 spiro atoms. The predicted octanol–water partition coefficient (Wildman–Crippen LogP) is 6.68. The number of fused-ring (bicyclic) bond motifs is 1. The lowest BCUT2D eigenvalue weighted by molar-refractivity contribution is -0.143. The number of carbonyl (C=O) groups excluding carboxylic acids is 2. The molecule has 3 aromatic carbocycles. The minimum Gasteiger partial charge on any atom is -0.492 e. The number of anilines is 1. The highest BCUT2D eigenvalue weighted by atomic mass is 35.5. The van der Waals surface area contributed by atoms with E-state index in [-0.39, 0.29) is 23.7 Å². The van der Waals surface area contributed by atoms with Crippen LogP contribution >= 0.6 is 23.2 Å². The van der Waals surface area contributed by atoms with Gasteiger partial charge < -0.3 is 34.6 Å². The number of piperazine rings is 1.